The zero-order valence-corrected chi connectivity index (χ0v) is 35.2. The van der Waals surface area contributed by atoms with Gasteiger partial charge in [0.2, 0.25) is 0 Å². The Balaban J connectivity index is 0.764. The maximum absolute atomic E-state index is 14.0. The molecule has 0 bridgehead atoms. The molecule has 10 rings (SSSR count). The quantitative estimate of drug-likeness (QED) is 0.0940. The predicted molar refractivity (Wildman–Crippen MR) is 234 cm³/mol. The van der Waals surface area contributed by atoms with E-state index in [9.17, 15) is 31.5 Å². The van der Waals surface area contributed by atoms with Crippen LogP contribution in [0.5, 0.6) is 0 Å². The van der Waals surface area contributed by atoms with E-state index >= 15 is 0 Å². The van der Waals surface area contributed by atoms with Crippen molar-refractivity contribution in [1.29, 1.82) is 0 Å². The minimum absolute atomic E-state index is 0.00432. The van der Waals surface area contributed by atoms with Crippen LogP contribution in [0.2, 0.25) is 0 Å². The summed E-state index contributed by atoms with van der Waals surface area (Å²) in [5.41, 5.74) is 2.23. The number of nitrogens with zero attached hydrogens (tertiary/aromatic N) is 6. The molecule has 2 aliphatic carbocycles. The molecule has 2 amide bonds. The van der Waals surface area contributed by atoms with Crippen molar-refractivity contribution >= 4 is 56.6 Å². The number of hydrogen-bond donors (Lipinski definition) is 4. The summed E-state index contributed by atoms with van der Waals surface area (Å²) in [5.74, 6) is -2.37. The Morgan fingerprint density at radius 1 is 0.646 bits per heavy atom. The number of hydrogen-bond acceptors (Lipinski definition) is 8. The van der Waals surface area contributed by atoms with Gasteiger partial charge >= 0.3 is 6.18 Å². The molecule has 2 aromatic carbocycles. The lowest BCUT2D eigenvalue weighted by molar-refractivity contribution is -0.140. The molecule has 4 N–H and O–H groups in total. The highest BCUT2D eigenvalue weighted by Crippen LogP contribution is 2.33. The second-order valence-electron chi connectivity index (χ2n) is 17.3. The summed E-state index contributed by atoms with van der Waals surface area (Å²) >= 11 is 0. The van der Waals surface area contributed by atoms with Gasteiger partial charge in [0.15, 0.2) is 17.0 Å². The molecule has 0 aliphatic heterocycles. The molecule has 0 spiro atoms. The lowest BCUT2D eigenvalue weighted by Gasteiger charge is -2.30. The minimum Gasteiger partial charge on any atom is -0.368 e. The van der Waals surface area contributed by atoms with Crippen molar-refractivity contribution in [1.82, 2.24) is 39.1 Å². The van der Waals surface area contributed by atoms with E-state index in [1.807, 2.05) is 53.2 Å². The molecule has 13 nitrogen and oxygen atoms in total. The number of rotatable bonds is 11. The fourth-order valence-electron chi connectivity index (χ4n) is 9.35. The number of amides is 2. The van der Waals surface area contributed by atoms with Gasteiger partial charge in [-0.25, -0.2) is 9.97 Å². The van der Waals surface area contributed by atoms with Crippen molar-refractivity contribution in [2.24, 2.45) is 0 Å². The average molecular weight is 893 g/mol. The third-order valence-electron chi connectivity index (χ3n) is 12.7. The van der Waals surface area contributed by atoms with Crippen LogP contribution in [0.25, 0.3) is 33.2 Å². The number of carbonyl (C=O) groups is 2. The molecular formula is C47H45F5N10O3. The largest absolute Gasteiger partial charge is 0.434 e. The number of benzene rings is 2. The van der Waals surface area contributed by atoms with E-state index in [1.54, 1.807) is 34.7 Å². The van der Waals surface area contributed by atoms with Crippen molar-refractivity contribution in [3.8, 4) is 0 Å². The van der Waals surface area contributed by atoms with Crippen LogP contribution in [0, 0.1) is 0 Å². The number of aromatic nitrogens is 6. The Morgan fingerprint density at radius 2 is 1.18 bits per heavy atom. The van der Waals surface area contributed by atoms with E-state index in [2.05, 4.69) is 36.4 Å². The Morgan fingerprint density at radius 3 is 1.80 bits per heavy atom. The molecule has 65 heavy (non-hydrogen) atoms. The summed E-state index contributed by atoms with van der Waals surface area (Å²) in [7, 11) is 0. The zero-order valence-electron chi connectivity index (χ0n) is 35.2. The Hall–Kier alpha value is -6.98. The second-order valence-corrected chi connectivity index (χ2v) is 17.3. The average Bonchev–Trinajstić information content (AvgIpc) is 4.10. The van der Waals surface area contributed by atoms with E-state index in [-0.39, 0.29) is 53.0 Å². The summed E-state index contributed by atoms with van der Waals surface area (Å²) in [6, 6.07) is 23.4. The maximum Gasteiger partial charge on any atom is 0.434 e. The molecule has 8 aromatic rings. The number of pyridine rings is 2. The molecule has 2 fully saturated rings. The fraction of sp³-hybridized carbons (Fsp3) is 0.340. The molecule has 0 saturated heterocycles. The summed E-state index contributed by atoms with van der Waals surface area (Å²) in [6.45, 7) is 1.18. The van der Waals surface area contributed by atoms with Gasteiger partial charge in [-0.2, -0.15) is 22.0 Å². The molecule has 0 atom stereocenters. The SMILES string of the molecule is CC(F)(F)c1cn2c(NC3CCC(NC(=O)c4cn(Cc5cccc6c(C(=O)N[C@H]7CC[C@@H](Nc8cccc9nc(C(F)(F)F)cn89)CC7)noc56)c5ccccc45)CC3)cccc2n1. The first-order chi connectivity index (χ1) is 31.2. The number of anilines is 2. The van der Waals surface area contributed by atoms with Crippen molar-refractivity contribution in [3.63, 3.8) is 0 Å². The van der Waals surface area contributed by atoms with E-state index in [1.165, 1.54) is 16.7 Å². The van der Waals surface area contributed by atoms with Crippen LogP contribution in [-0.2, 0) is 18.6 Å². The lowest BCUT2D eigenvalue weighted by atomic mass is 9.91. The van der Waals surface area contributed by atoms with E-state index in [0.29, 0.717) is 66.0 Å². The maximum atomic E-state index is 14.0. The standard InChI is InChI=1S/C47H45F5N10O3/c1-46(48,49)36-25-61-38(11-5-13-40(61)57-36)53-28-15-19-30(20-16-28)55-44(63)34-24-60(35-10-3-2-8-32(34)35)23-27-7-4-9-33-42(59-65-43(27)33)45(64)56-31-21-17-29(18-22-31)54-39-12-6-14-41-58-37(26-62(39)41)47(50,51)52/h2-14,24-26,28-31,53-54H,15-23H2,1H3,(H,55,63)(H,56,64)/t28?,29-,30?,31+. The van der Waals surface area contributed by atoms with Crippen molar-refractivity contribution in [3.05, 3.63) is 126 Å². The molecule has 6 aromatic heterocycles. The number of halogens is 5. The Bertz CT molecular complexity index is 3060. The first-order valence-electron chi connectivity index (χ1n) is 21.8. The normalized spacial score (nSPS) is 19.5. The Kier molecular flexibility index (Phi) is 10.7. The summed E-state index contributed by atoms with van der Waals surface area (Å²) in [4.78, 5) is 35.3. The molecule has 0 radical (unpaired) electrons. The zero-order chi connectivity index (χ0) is 45.0. The van der Waals surface area contributed by atoms with Gasteiger partial charge in [-0.1, -0.05) is 47.6 Å². The van der Waals surface area contributed by atoms with Crippen LogP contribution >= 0.6 is 0 Å². The molecule has 336 valence electrons. The minimum atomic E-state index is -4.54. The number of para-hydroxylation sites is 2. The predicted octanol–water partition coefficient (Wildman–Crippen LogP) is 9.56. The summed E-state index contributed by atoms with van der Waals surface area (Å²) in [5, 5.41) is 18.8. The first kappa shape index (κ1) is 42.0. The highest BCUT2D eigenvalue weighted by Gasteiger charge is 2.35. The van der Waals surface area contributed by atoms with Crippen LogP contribution in [0.4, 0.5) is 33.6 Å². The monoisotopic (exact) mass is 892 g/mol. The van der Waals surface area contributed by atoms with E-state index in [4.69, 9.17) is 4.52 Å². The van der Waals surface area contributed by atoms with Crippen LogP contribution in [0.15, 0.2) is 102 Å². The number of alkyl halides is 5. The molecular weight excluding hydrogens is 848 g/mol. The van der Waals surface area contributed by atoms with Gasteiger partial charge in [0.25, 0.3) is 17.7 Å². The number of imidazole rings is 2. The smallest absolute Gasteiger partial charge is 0.368 e. The first-order valence-corrected chi connectivity index (χ1v) is 21.8. The number of carbonyl (C=O) groups excluding carboxylic acids is 2. The topological polar surface area (TPSA) is 148 Å². The fourth-order valence-corrected chi connectivity index (χ4v) is 9.35. The van der Waals surface area contributed by atoms with Crippen LogP contribution in [-0.4, -0.2) is 64.5 Å². The van der Waals surface area contributed by atoms with Crippen LogP contribution in [0.1, 0.15) is 96.1 Å². The van der Waals surface area contributed by atoms with Gasteiger partial charge < -0.3 is 30.4 Å². The molecule has 2 aliphatic rings. The van der Waals surface area contributed by atoms with Crippen LogP contribution in [0.3, 0.4) is 0 Å². The third-order valence-corrected chi connectivity index (χ3v) is 12.7. The number of nitrogens with one attached hydrogen (secondary N) is 4. The molecule has 2 saturated carbocycles. The Labute approximate surface area is 368 Å². The molecule has 18 heteroatoms. The third kappa shape index (κ3) is 8.44. The van der Waals surface area contributed by atoms with Crippen LogP contribution < -0.4 is 21.3 Å². The van der Waals surface area contributed by atoms with E-state index in [0.717, 1.165) is 55.3 Å². The summed E-state index contributed by atoms with van der Waals surface area (Å²) in [6.07, 6.45) is 5.39. The molecule has 6 heterocycles. The van der Waals surface area contributed by atoms with Gasteiger partial charge in [-0.15, -0.1) is 0 Å². The highest BCUT2D eigenvalue weighted by molar-refractivity contribution is 6.07. The van der Waals surface area contributed by atoms with Crippen molar-refractivity contribution in [2.75, 3.05) is 10.6 Å². The van der Waals surface area contributed by atoms with Crippen molar-refractivity contribution < 1.29 is 36.1 Å². The number of fused-ring (bicyclic) bond motifs is 4. The molecule has 0 unspecified atom stereocenters. The van der Waals surface area contributed by atoms with E-state index < -0.39 is 17.8 Å². The van der Waals surface area contributed by atoms with Gasteiger partial charge in [-0.05, 0) is 87.8 Å². The van der Waals surface area contributed by atoms with Gasteiger partial charge in [0, 0.05) is 66.1 Å². The van der Waals surface area contributed by atoms with Gasteiger partial charge in [-0.3, -0.25) is 18.4 Å². The second kappa shape index (κ2) is 16.5. The summed E-state index contributed by atoms with van der Waals surface area (Å²) < 4.78 is 78.8. The van der Waals surface area contributed by atoms with Gasteiger partial charge in [0.1, 0.15) is 28.6 Å². The lowest BCUT2D eigenvalue weighted by Crippen LogP contribution is -2.40. The van der Waals surface area contributed by atoms with Crippen molar-refractivity contribution in [2.45, 2.75) is 101 Å². The highest BCUT2D eigenvalue weighted by atomic mass is 19.4. The van der Waals surface area contributed by atoms with Gasteiger partial charge in [0.05, 0.1) is 17.5 Å².